The van der Waals surface area contributed by atoms with Crippen LogP contribution in [0.2, 0.25) is 0 Å². The Labute approximate surface area is 136 Å². The Morgan fingerprint density at radius 1 is 1.26 bits per heavy atom. The molecule has 3 rings (SSSR count). The van der Waals surface area contributed by atoms with Crippen LogP contribution >= 0.6 is 0 Å². The third-order valence-electron chi connectivity index (χ3n) is 4.73. The molecule has 5 heteroatoms. The van der Waals surface area contributed by atoms with Gasteiger partial charge in [-0.1, -0.05) is 19.3 Å². The highest BCUT2D eigenvalue weighted by Crippen LogP contribution is 2.32. The summed E-state index contributed by atoms with van der Waals surface area (Å²) in [6, 6.07) is 5.95. The van der Waals surface area contributed by atoms with E-state index in [1.807, 2.05) is 23.1 Å². The van der Waals surface area contributed by atoms with Crippen molar-refractivity contribution in [2.45, 2.75) is 57.5 Å². The minimum atomic E-state index is -0.809. The van der Waals surface area contributed by atoms with Crippen LogP contribution in [0.1, 0.15) is 60.9 Å². The molecular formula is C18H23NO4. The average Bonchev–Trinajstić information content (AvgIpc) is 2.89. The van der Waals surface area contributed by atoms with Crippen molar-refractivity contribution in [3.63, 3.8) is 0 Å². The molecule has 23 heavy (non-hydrogen) atoms. The van der Waals surface area contributed by atoms with Gasteiger partial charge in [-0.3, -0.25) is 9.59 Å². The summed E-state index contributed by atoms with van der Waals surface area (Å²) in [4.78, 5) is 25.1. The number of carbonyl (C=O) groups is 2. The van der Waals surface area contributed by atoms with Crippen molar-refractivity contribution in [1.82, 2.24) is 4.90 Å². The molecule has 1 N–H and O–H groups in total. The summed E-state index contributed by atoms with van der Waals surface area (Å²) in [5.74, 6) is 0.0491. The third kappa shape index (κ3) is 3.66. The van der Waals surface area contributed by atoms with Gasteiger partial charge in [0.2, 0.25) is 0 Å². The van der Waals surface area contributed by atoms with E-state index in [1.165, 1.54) is 19.3 Å². The Bertz CT molecular complexity index is 593. The largest absolute Gasteiger partial charge is 0.494 e. The SMILES string of the molecule is O=C(O)CCCOc1ccc2c(c1)CN(C1CCCCC1)C2=O. The quantitative estimate of drug-likeness (QED) is 0.818. The number of carboxylic acids is 1. The van der Waals surface area contributed by atoms with Crippen LogP contribution in [0.3, 0.4) is 0 Å². The molecule has 2 aliphatic rings. The van der Waals surface area contributed by atoms with Crippen molar-refractivity contribution in [3.05, 3.63) is 29.3 Å². The predicted octanol–water partition coefficient (Wildman–Crippen LogP) is 3.22. The molecule has 5 nitrogen and oxygen atoms in total. The molecule has 1 aliphatic carbocycles. The Morgan fingerprint density at radius 3 is 2.78 bits per heavy atom. The van der Waals surface area contributed by atoms with Gasteiger partial charge in [-0.25, -0.2) is 0 Å². The summed E-state index contributed by atoms with van der Waals surface area (Å²) in [5, 5.41) is 8.62. The summed E-state index contributed by atoms with van der Waals surface area (Å²) in [5.41, 5.74) is 1.81. The Morgan fingerprint density at radius 2 is 2.04 bits per heavy atom. The lowest BCUT2D eigenvalue weighted by molar-refractivity contribution is -0.137. The van der Waals surface area contributed by atoms with E-state index in [-0.39, 0.29) is 12.3 Å². The van der Waals surface area contributed by atoms with Gasteiger partial charge in [0, 0.05) is 24.6 Å². The van der Waals surface area contributed by atoms with E-state index in [4.69, 9.17) is 9.84 Å². The van der Waals surface area contributed by atoms with Crippen LogP contribution in [0.4, 0.5) is 0 Å². The van der Waals surface area contributed by atoms with Gasteiger partial charge >= 0.3 is 5.97 Å². The lowest BCUT2D eigenvalue weighted by atomic mass is 9.94. The first kappa shape index (κ1) is 15.8. The number of aliphatic carboxylic acids is 1. The summed E-state index contributed by atoms with van der Waals surface area (Å²) < 4.78 is 5.60. The fraction of sp³-hybridized carbons (Fsp3) is 0.556. The molecule has 1 fully saturated rings. The van der Waals surface area contributed by atoms with Gasteiger partial charge in [-0.05, 0) is 43.0 Å². The molecule has 1 amide bonds. The van der Waals surface area contributed by atoms with Crippen LogP contribution in [0.25, 0.3) is 0 Å². The molecule has 0 spiro atoms. The first-order valence-corrected chi connectivity index (χ1v) is 8.43. The van der Waals surface area contributed by atoms with E-state index in [1.54, 1.807) is 0 Å². The summed E-state index contributed by atoms with van der Waals surface area (Å²) in [6.07, 6.45) is 6.51. The zero-order valence-electron chi connectivity index (χ0n) is 13.3. The molecule has 1 aromatic rings. The lowest BCUT2D eigenvalue weighted by Crippen LogP contribution is -2.36. The van der Waals surface area contributed by atoms with Crippen molar-refractivity contribution in [2.24, 2.45) is 0 Å². The number of nitrogens with zero attached hydrogens (tertiary/aromatic N) is 1. The number of amides is 1. The van der Waals surface area contributed by atoms with E-state index in [0.29, 0.717) is 31.4 Å². The van der Waals surface area contributed by atoms with Gasteiger partial charge in [-0.15, -0.1) is 0 Å². The maximum Gasteiger partial charge on any atom is 0.303 e. The van der Waals surface area contributed by atoms with Crippen molar-refractivity contribution in [2.75, 3.05) is 6.61 Å². The zero-order chi connectivity index (χ0) is 16.2. The van der Waals surface area contributed by atoms with Crippen molar-refractivity contribution in [1.29, 1.82) is 0 Å². The number of carboxylic acid groups (broad SMARTS) is 1. The number of hydrogen-bond acceptors (Lipinski definition) is 3. The summed E-state index contributed by atoms with van der Waals surface area (Å²) in [6.45, 7) is 1.05. The van der Waals surface area contributed by atoms with E-state index >= 15 is 0 Å². The summed E-state index contributed by atoms with van der Waals surface area (Å²) >= 11 is 0. The summed E-state index contributed by atoms with van der Waals surface area (Å²) in [7, 11) is 0. The minimum absolute atomic E-state index is 0.110. The highest BCUT2D eigenvalue weighted by molar-refractivity contribution is 5.98. The molecular weight excluding hydrogens is 294 g/mol. The molecule has 0 atom stereocenters. The zero-order valence-corrected chi connectivity index (χ0v) is 13.3. The van der Waals surface area contributed by atoms with E-state index in [9.17, 15) is 9.59 Å². The molecule has 1 aliphatic heterocycles. The number of benzene rings is 1. The van der Waals surface area contributed by atoms with Crippen LogP contribution in [0.15, 0.2) is 18.2 Å². The molecule has 0 saturated heterocycles. The number of ether oxygens (including phenoxy) is 1. The lowest BCUT2D eigenvalue weighted by Gasteiger charge is -2.30. The van der Waals surface area contributed by atoms with E-state index in [0.717, 1.165) is 24.0 Å². The number of hydrogen-bond donors (Lipinski definition) is 1. The van der Waals surface area contributed by atoms with Crippen LogP contribution in [-0.4, -0.2) is 34.5 Å². The van der Waals surface area contributed by atoms with E-state index in [2.05, 4.69) is 0 Å². The van der Waals surface area contributed by atoms with Gasteiger partial charge in [-0.2, -0.15) is 0 Å². The molecule has 0 aromatic heterocycles. The molecule has 1 aromatic carbocycles. The Balaban J connectivity index is 1.61. The Hall–Kier alpha value is -2.04. The maximum absolute atomic E-state index is 12.6. The normalized spacial score (nSPS) is 18.1. The number of fused-ring (bicyclic) bond motifs is 1. The number of carbonyl (C=O) groups excluding carboxylic acids is 1. The average molecular weight is 317 g/mol. The van der Waals surface area contributed by atoms with Crippen LogP contribution < -0.4 is 4.74 Å². The van der Waals surface area contributed by atoms with Crippen molar-refractivity contribution < 1.29 is 19.4 Å². The van der Waals surface area contributed by atoms with Crippen molar-refractivity contribution in [3.8, 4) is 5.75 Å². The first-order chi connectivity index (χ1) is 11.1. The van der Waals surface area contributed by atoms with Gasteiger partial charge in [0.25, 0.3) is 5.91 Å². The standard InChI is InChI=1S/C18H23NO4/c20-17(21)7-4-10-23-15-8-9-16-13(11-15)12-19(18(16)22)14-5-2-1-3-6-14/h8-9,11,14H,1-7,10,12H2,(H,20,21). The van der Waals surface area contributed by atoms with Gasteiger partial charge in [0.1, 0.15) is 5.75 Å². The second-order valence-corrected chi connectivity index (χ2v) is 6.39. The van der Waals surface area contributed by atoms with Gasteiger partial charge < -0.3 is 14.7 Å². The van der Waals surface area contributed by atoms with Crippen molar-refractivity contribution >= 4 is 11.9 Å². The van der Waals surface area contributed by atoms with E-state index < -0.39 is 5.97 Å². The first-order valence-electron chi connectivity index (χ1n) is 8.43. The van der Waals surface area contributed by atoms with Crippen LogP contribution in [-0.2, 0) is 11.3 Å². The predicted molar refractivity (Wildman–Crippen MR) is 85.6 cm³/mol. The minimum Gasteiger partial charge on any atom is -0.494 e. The fourth-order valence-electron chi connectivity index (χ4n) is 3.51. The number of rotatable bonds is 6. The van der Waals surface area contributed by atoms with Crippen LogP contribution in [0, 0.1) is 0 Å². The molecule has 124 valence electrons. The molecule has 1 saturated carbocycles. The molecule has 1 heterocycles. The molecule has 0 bridgehead atoms. The monoisotopic (exact) mass is 317 g/mol. The maximum atomic E-state index is 12.6. The topological polar surface area (TPSA) is 66.8 Å². The Kier molecular flexibility index (Phi) is 4.84. The van der Waals surface area contributed by atoms with Gasteiger partial charge in [0.15, 0.2) is 0 Å². The molecule has 0 radical (unpaired) electrons. The fourth-order valence-corrected chi connectivity index (χ4v) is 3.51. The highest BCUT2D eigenvalue weighted by atomic mass is 16.5. The second kappa shape index (κ2) is 7.02. The highest BCUT2D eigenvalue weighted by Gasteiger charge is 2.33. The smallest absolute Gasteiger partial charge is 0.303 e. The van der Waals surface area contributed by atoms with Crippen LogP contribution in [0.5, 0.6) is 5.75 Å². The van der Waals surface area contributed by atoms with Gasteiger partial charge in [0.05, 0.1) is 6.61 Å². The molecule has 0 unspecified atom stereocenters. The third-order valence-corrected chi connectivity index (χ3v) is 4.73. The second-order valence-electron chi connectivity index (χ2n) is 6.39.